The number of nitrogens with zero attached hydrogens (tertiary/aromatic N) is 2. The molecule has 0 bridgehead atoms. The molecule has 0 radical (unpaired) electrons. The van der Waals surface area contributed by atoms with Gasteiger partial charge in [-0.05, 0) is 30.7 Å². The van der Waals surface area contributed by atoms with Crippen molar-refractivity contribution in [2.75, 3.05) is 21.3 Å². The predicted octanol–water partition coefficient (Wildman–Crippen LogP) is 3.27. The van der Waals surface area contributed by atoms with E-state index in [1.807, 2.05) is 0 Å². The number of rotatable bonds is 6. The zero-order valence-corrected chi connectivity index (χ0v) is 16.2. The van der Waals surface area contributed by atoms with E-state index in [0.29, 0.717) is 33.9 Å². The van der Waals surface area contributed by atoms with E-state index in [-0.39, 0.29) is 17.3 Å². The molecule has 1 heterocycles. The van der Waals surface area contributed by atoms with Gasteiger partial charge in [-0.2, -0.15) is 0 Å². The molecular formula is C20H18N2O7. The summed E-state index contributed by atoms with van der Waals surface area (Å²) in [4.78, 5) is 27.1. The first-order valence-corrected chi connectivity index (χ1v) is 8.46. The van der Waals surface area contributed by atoms with Gasteiger partial charge in [-0.1, -0.05) is 12.1 Å². The van der Waals surface area contributed by atoms with Crippen molar-refractivity contribution in [1.29, 1.82) is 0 Å². The Bertz CT molecular complexity index is 1030. The lowest BCUT2D eigenvalue weighted by Gasteiger charge is -2.13. The summed E-state index contributed by atoms with van der Waals surface area (Å²) >= 11 is 0. The lowest BCUT2D eigenvalue weighted by atomic mass is 10.1. The Kier molecular flexibility index (Phi) is 5.49. The number of methoxy groups -OCH3 is 3. The van der Waals surface area contributed by atoms with Crippen molar-refractivity contribution < 1.29 is 28.7 Å². The summed E-state index contributed by atoms with van der Waals surface area (Å²) in [5.41, 5.74) is 1.41. The normalized spacial score (nSPS) is 14.4. The number of carbonyl (C=O) groups is 1. The molecule has 0 aliphatic carbocycles. The number of nitro benzene ring substituents is 1. The third-order valence-corrected chi connectivity index (χ3v) is 4.27. The topological polar surface area (TPSA) is 109 Å². The summed E-state index contributed by atoms with van der Waals surface area (Å²) in [6, 6.07) is 7.85. The quantitative estimate of drug-likeness (QED) is 0.318. The number of hydrogen-bond donors (Lipinski definition) is 0. The van der Waals surface area contributed by atoms with Crippen molar-refractivity contribution >= 4 is 23.6 Å². The molecule has 0 spiro atoms. The van der Waals surface area contributed by atoms with Gasteiger partial charge in [0.2, 0.25) is 11.6 Å². The van der Waals surface area contributed by atoms with Gasteiger partial charge in [0.1, 0.15) is 0 Å². The first kappa shape index (κ1) is 19.9. The minimum atomic E-state index is -0.669. The molecule has 0 N–H and O–H groups in total. The molecule has 1 aliphatic rings. The molecule has 0 fully saturated rings. The van der Waals surface area contributed by atoms with Gasteiger partial charge in [0.05, 0.1) is 26.3 Å². The van der Waals surface area contributed by atoms with E-state index in [0.717, 1.165) is 0 Å². The molecule has 0 aromatic heterocycles. The van der Waals surface area contributed by atoms with Crippen LogP contribution < -0.4 is 14.2 Å². The van der Waals surface area contributed by atoms with Crippen molar-refractivity contribution in [3.8, 4) is 17.2 Å². The fourth-order valence-electron chi connectivity index (χ4n) is 2.81. The zero-order valence-electron chi connectivity index (χ0n) is 16.2. The third-order valence-electron chi connectivity index (χ3n) is 4.27. The number of nitro groups is 1. The van der Waals surface area contributed by atoms with Crippen LogP contribution in [0.25, 0.3) is 6.08 Å². The highest BCUT2D eigenvalue weighted by molar-refractivity contribution is 6.13. The highest BCUT2D eigenvalue weighted by Crippen LogP contribution is 2.39. The molecule has 9 nitrogen and oxygen atoms in total. The van der Waals surface area contributed by atoms with Crippen LogP contribution in [0.1, 0.15) is 16.7 Å². The molecule has 150 valence electrons. The number of hydrogen-bond acceptors (Lipinski definition) is 8. The Morgan fingerprint density at radius 1 is 1.07 bits per heavy atom. The second-order valence-corrected chi connectivity index (χ2v) is 6.05. The Balaban J connectivity index is 2.02. The number of aliphatic imine (C=N–C) groups is 1. The van der Waals surface area contributed by atoms with Crippen molar-refractivity contribution in [3.05, 3.63) is 62.8 Å². The van der Waals surface area contributed by atoms with Gasteiger partial charge in [0.15, 0.2) is 17.2 Å². The zero-order chi connectivity index (χ0) is 21.1. The predicted molar refractivity (Wildman–Crippen MR) is 105 cm³/mol. The van der Waals surface area contributed by atoms with Gasteiger partial charge >= 0.3 is 5.97 Å². The number of aryl methyl sites for hydroxylation is 1. The molecule has 0 unspecified atom stereocenters. The SMILES string of the molecule is COc1cc(C2=N/C(=C/c3ccc(C)c([N+](=O)[O-])c3)C(=O)O2)cc(OC)c1OC. The lowest BCUT2D eigenvalue weighted by molar-refractivity contribution is -0.385. The second-order valence-electron chi connectivity index (χ2n) is 6.05. The summed E-state index contributed by atoms with van der Waals surface area (Å²) in [5.74, 6) is 0.546. The van der Waals surface area contributed by atoms with Crippen LogP contribution in [0.15, 0.2) is 41.0 Å². The van der Waals surface area contributed by atoms with Crippen molar-refractivity contribution in [2.24, 2.45) is 4.99 Å². The highest BCUT2D eigenvalue weighted by Gasteiger charge is 2.26. The lowest BCUT2D eigenvalue weighted by Crippen LogP contribution is -2.07. The maximum atomic E-state index is 12.3. The molecule has 0 amide bonds. The fourth-order valence-corrected chi connectivity index (χ4v) is 2.81. The molecule has 9 heteroatoms. The van der Waals surface area contributed by atoms with Gasteiger partial charge in [0.25, 0.3) is 5.69 Å². The van der Waals surface area contributed by atoms with Crippen LogP contribution >= 0.6 is 0 Å². The Morgan fingerprint density at radius 3 is 2.28 bits per heavy atom. The number of esters is 1. The van der Waals surface area contributed by atoms with Crippen LogP contribution in [0.5, 0.6) is 17.2 Å². The summed E-state index contributed by atoms with van der Waals surface area (Å²) in [7, 11) is 4.42. The molecule has 0 saturated carbocycles. The molecular weight excluding hydrogens is 380 g/mol. The number of ether oxygens (including phenoxy) is 4. The Morgan fingerprint density at radius 2 is 1.72 bits per heavy atom. The second kappa shape index (κ2) is 8.01. The average Bonchev–Trinajstić information content (AvgIpc) is 3.08. The van der Waals surface area contributed by atoms with E-state index >= 15 is 0 Å². The van der Waals surface area contributed by atoms with E-state index < -0.39 is 10.9 Å². The van der Waals surface area contributed by atoms with E-state index in [1.165, 1.54) is 33.5 Å². The van der Waals surface area contributed by atoms with Gasteiger partial charge in [0, 0.05) is 17.2 Å². The van der Waals surface area contributed by atoms with E-state index in [2.05, 4.69) is 4.99 Å². The number of benzene rings is 2. The first-order chi connectivity index (χ1) is 13.9. The van der Waals surface area contributed by atoms with Gasteiger partial charge < -0.3 is 18.9 Å². The minimum absolute atomic E-state index is 0.0203. The molecule has 0 atom stereocenters. The van der Waals surface area contributed by atoms with Crippen molar-refractivity contribution in [3.63, 3.8) is 0 Å². The van der Waals surface area contributed by atoms with Crippen LogP contribution in [0.2, 0.25) is 0 Å². The molecule has 2 aromatic carbocycles. The summed E-state index contributed by atoms with van der Waals surface area (Å²) in [5, 5.41) is 11.1. The van der Waals surface area contributed by atoms with Crippen molar-refractivity contribution in [1.82, 2.24) is 0 Å². The largest absolute Gasteiger partial charge is 0.493 e. The minimum Gasteiger partial charge on any atom is -0.493 e. The molecule has 2 aromatic rings. The van der Waals surface area contributed by atoms with Crippen LogP contribution in [0, 0.1) is 17.0 Å². The molecule has 3 rings (SSSR count). The fraction of sp³-hybridized carbons (Fsp3) is 0.200. The molecule has 29 heavy (non-hydrogen) atoms. The van der Waals surface area contributed by atoms with Crippen LogP contribution in [-0.4, -0.2) is 38.1 Å². The summed E-state index contributed by atoms with van der Waals surface area (Å²) in [6.07, 6.45) is 1.43. The van der Waals surface area contributed by atoms with Crippen LogP contribution in [-0.2, 0) is 9.53 Å². The molecule has 0 saturated heterocycles. The molecule has 1 aliphatic heterocycles. The smallest absolute Gasteiger partial charge is 0.363 e. The number of carbonyl (C=O) groups excluding carboxylic acids is 1. The van der Waals surface area contributed by atoms with Gasteiger partial charge in [-0.15, -0.1) is 0 Å². The number of cyclic esters (lactones) is 1. The van der Waals surface area contributed by atoms with E-state index in [1.54, 1.807) is 31.2 Å². The third kappa shape index (κ3) is 3.88. The summed E-state index contributed by atoms with van der Waals surface area (Å²) in [6.45, 7) is 1.64. The van der Waals surface area contributed by atoms with Gasteiger partial charge in [-0.25, -0.2) is 9.79 Å². The standard InChI is InChI=1S/C20H18N2O7/c1-11-5-6-12(8-15(11)22(24)25)7-14-20(23)29-19(21-14)13-9-16(26-2)18(28-4)17(10-13)27-3/h5-10H,1-4H3/b14-7+. The maximum absolute atomic E-state index is 12.3. The van der Waals surface area contributed by atoms with Gasteiger partial charge in [-0.3, -0.25) is 10.1 Å². The Hall–Kier alpha value is -3.88. The first-order valence-electron chi connectivity index (χ1n) is 8.46. The van der Waals surface area contributed by atoms with E-state index in [9.17, 15) is 14.9 Å². The van der Waals surface area contributed by atoms with Crippen molar-refractivity contribution in [2.45, 2.75) is 6.92 Å². The van der Waals surface area contributed by atoms with Crippen LogP contribution in [0.3, 0.4) is 0 Å². The Labute approximate surface area is 166 Å². The van der Waals surface area contributed by atoms with E-state index in [4.69, 9.17) is 18.9 Å². The summed E-state index contributed by atoms with van der Waals surface area (Å²) < 4.78 is 21.1. The average molecular weight is 398 g/mol. The monoisotopic (exact) mass is 398 g/mol. The van der Waals surface area contributed by atoms with Crippen LogP contribution in [0.4, 0.5) is 5.69 Å². The maximum Gasteiger partial charge on any atom is 0.363 e. The highest BCUT2D eigenvalue weighted by atomic mass is 16.6.